The van der Waals surface area contributed by atoms with Crippen LogP contribution in [0.15, 0.2) is 34.2 Å². The van der Waals surface area contributed by atoms with E-state index in [1.54, 1.807) is 0 Å². The smallest absolute Gasteiger partial charge is 0.228 e. The molecule has 0 N–H and O–H groups in total. The van der Waals surface area contributed by atoms with Crippen LogP contribution in [0, 0.1) is 0 Å². The van der Waals surface area contributed by atoms with E-state index in [0.29, 0.717) is 22.3 Å². The molecule has 0 atom stereocenters. The van der Waals surface area contributed by atoms with Gasteiger partial charge in [-0.05, 0) is 18.2 Å². The average Bonchev–Trinajstić information content (AvgIpc) is 3.23. The van der Waals surface area contributed by atoms with Gasteiger partial charge in [-0.3, -0.25) is 0 Å². The van der Waals surface area contributed by atoms with Gasteiger partial charge in [0.1, 0.15) is 6.33 Å². The van der Waals surface area contributed by atoms with E-state index >= 15 is 0 Å². The van der Waals surface area contributed by atoms with Crippen LogP contribution in [0.25, 0.3) is 11.3 Å². The zero-order valence-corrected chi connectivity index (χ0v) is 16.0. The first-order valence-corrected chi connectivity index (χ1v) is 9.44. The number of rotatable bonds is 4. The van der Waals surface area contributed by atoms with Gasteiger partial charge in [0.05, 0.1) is 16.8 Å². The summed E-state index contributed by atoms with van der Waals surface area (Å²) in [5, 5.41) is 5.62. The van der Waals surface area contributed by atoms with Gasteiger partial charge in [-0.2, -0.15) is 30.4 Å². The molecule has 0 aliphatic carbocycles. The second-order valence-electron chi connectivity index (χ2n) is 6.04. The van der Waals surface area contributed by atoms with Crippen LogP contribution in [0.2, 0.25) is 0 Å². The highest BCUT2D eigenvalue weighted by molar-refractivity contribution is 7.99. The fourth-order valence-corrected chi connectivity index (χ4v) is 3.80. The minimum atomic E-state index is -4.91. The summed E-state index contributed by atoms with van der Waals surface area (Å²) in [6.07, 6.45) is -8.34. The number of halogens is 6. The minimum absolute atomic E-state index is 0.0216. The molecule has 0 radical (unpaired) electrons. The summed E-state index contributed by atoms with van der Waals surface area (Å²) < 4.78 is 79.9. The molecule has 0 aliphatic heterocycles. The number of alkyl halides is 6. The maximum absolute atomic E-state index is 13.0. The maximum atomic E-state index is 13.0. The lowest BCUT2D eigenvalue weighted by Gasteiger charge is -2.13. The molecular weight excluding hydrogens is 426 g/mol. The second kappa shape index (κ2) is 7.39. The fraction of sp³-hybridized carbons (Fsp3) is 0.312. The van der Waals surface area contributed by atoms with E-state index in [9.17, 15) is 26.3 Å². The fourth-order valence-electron chi connectivity index (χ4n) is 2.18. The summed E-state index contributed by atoms with van der Waals surface area (Å²) in [7, 11) is 0. The van der Waals surface area contributed by atoms with E-state index in [4.69, 9.17) is 0 Å². The summed E-state index contributed by atoms with van der Waals surface area (Å²) in [5.74, 6) is 0.719. The molecule has 0 spiro atoms. The molecular formula is C16H12F6N4S2. The lowest BCUT2D eigenvalue weighted by molar-refractivity contribution is -0.143. The van der Waals surface area contributed by atoms with E-state index in [1.807, 2.05) is 13.8 Å². The Morgan fingerprint density at radius 3 is 2.11 bits per heavy atom. The zero-order chi connectivity index (χ0) is 20.7. The quantitative estimate of drug-likeness (QED) is 0.461. The molecule has 0 saturated carbocycles. The number of aromatic nitrogens is 4. The third-order valence-electron chi connectivity index (χ3n) is 3.54. The van der Waals surface area contributed by atoms with Crippen molar-refractivity contribution in [2.75, 3.05) is 0 Å². The van der Waals surface area contributed by atoms with Crippen molar-refractivity contribution in [3.8, 4) is 11.3 Å². The zero-order valence-electron chi connectivity index (χ0n) is 14.3. The predicted molar refractivity (Wildman–Crippen MR) is 92.9 cm³/mol. The van der Waals surface area contributed by atoms with Crippen molar-refractivity contribution < 1.29 is 26.3 Å². The van der Waals surface area contributed by atoms with Gasteiger partial charge in [-0.25, -0.2) is 9.97 Å². The Morgan fingerprint density at radius 2 is 1.61 bits per heavy atom. The van der Waals surface area contributed by atoms with Gasteiger partial charge >= 0.3 is 12.4 Å². The average molecular weight is 438 g/mol. The maximum Gasteiger partial charge on any atom is 0.416 e. The van der Waals surface area contributed by atoms with E-state index in [1.165, 1.54) is 15.8 Å². The van der Waals surface area contributed by atoms with Crippen LogP contribution < -0.4 is 0 Å². The SMILES string of the molecule is CC(C)c1ncn(Sc2nc(-c3cc(C(F)(F)F)cc(C(F)(F)F)c3)cs2)n1. The molecule has 0 aliphatic rings. The van der Waals surface area contributed by atoms with Crippen molar-refractivity contribution >= 4 is 23.3 Å². The van der Waals surface area contributed by atoms with Crippen molar-refractivity contribution in [2.24, 2.45) is 0 Å². The van der Waals surface area contributed by atoms with Gasteiger partial charge < -0.3 is 0 Å². The van der Waals surface area contributed by atoms with Crippen LogP contribution in [-0.4, -0.2) is 19.2 Å². The number of thiazole rings is 1. The first-order valence-electron chi connectivity index (χ1n) is 7.79. The van der Waals surface area contributed by atoms with Crippen molar-refractivity contribution in [3.05, 3.63) is 46.9 Å². The molecule has 0 saturated heterocycles. The largest absolute Gasteiger partial charge is 0.416 e. The normalized spacial score (nSPS) is 12.8. The second-order valence-corrected chi connectivity index (χ2v) is 8.10. The Bertz CT molecular complexity index is 942. The van der Waals surface area contributed by atoms with Crippen molar-refractivity contribution in [2.45, 2.75) is 36.5 Å². The first kappa shape index (κ1) is 20.6. The summed E-state index contributed by atoms with van der Waals surface area (Å²) in [6, 6.07) is 1.41. The molecule has 0 fully saturated rings. The van der Waals surface area contributed by atoms with Gasteiger partial charge in [-0.15, -0.1) is 16.4 Å². The Balaban J connectivity index is 1.93. The molecule has 150 valence electrons. The molecule has 12 heteroatoms. The highest BCUT2D eigenvalue weighted by Gasteiger charge is 2.37. The molecule has 3 aromatic rings. The Hall–Kier alpha value is -2.08. The molecule has 28 heavy (non-hydrogen) atoms. The molecule has 2 heterocycles. The molecule has 1 aromatic carbocycles. The molecule has 4 nitrogen and oxygen atoms in total. The molecule has 2 aromatic heterocycles. The van der Waals surface area contributed by atoms with E-state index in [0.717, 1.165) is 23.3 Å². The summed E-state index contributed by atoms with van der Waals surface area (Å²) in [6.45, 7) is 3.83. The van der Waals surface area contributed by atoms with Crippen LogP contribution in [0.5, 0.6) is 0 Å². The van der Waals surface area contributed by atoms with Crippen LogP contribution >= 0.6 is 23.3 Å². The highest BCUT2D eigenvalue weighted by atomic mass is 32.2. The van der Waals surface area contributed by atoms with Crippen LogP contribution in [0.1, 0.15) is 36.7 Å². The summed E-state index contributed by atoms with van der Waals surface area (Å²) in [4.78, 5) is 8.25. The number of benzene rings is 1. The van der Waals surface area contributed by atoms with Gasteiger partial charge in [0, 0.05) is 28.8 Å². The Labute approximate surface area is 163 Å². The molecule has 3 rings (SSSR count). The van der Waals surface area contributed by atoms with Gasteiger partial charge in [-0.1, -0.05) is 13.8 Å². The van der Waals surface area contributed by atoms with Crippen LogP contribution in [0.4, 0.5) is 26.3 Å². The van der Waals surface area contributed by atoms with E-state index < -0.39 is 23.5 Å². The molecule has 0 amide bonds. The van der Waals surface area contributed by atoms with Crippen LogP contribution in [0.3, 0.4) is 0 Å². The molecule has 0 unspecified atom stereocenters. The lowest BCUT2D eigenvalue weighted by atomic mass is 10.0. The predicted octanol–water partition coefficient (Wildman–Crippen LogP) is 6.12. The lowest BCUT2D eigenvalue weighted by Crippen LogP contribution is -2.11. The minimum Gasteiger partial charge on any atom is -0.228 e. The van der Waals surface area contributed by atoms with Crippen molar-refractivity contribution in [3.63, 3.8) is 0 Å². The number of nitrogens with zero attached hydrogens (tertiary/aromatic N) is 4. The standard InChI is InChI=1S/C16H12F6N4S2/c1-8(2)13-23-7-26(25-13)28-14-24-12(6-27-14)9-3-10(15(17,18)19)5-11(4-9)16(20,21)22/h3-8H,1-2H3. The third-order valence-corrected chi connectivity index (χ3v) is 5.30. The summed E-state index contributed by atoms with van der Waals surface area (Å²) in [5.41, 5.74) is -2.99. The summed E-state index contributed by atoms with van der Waals surface area (Å²) >= 11 is 2.15. The first-order chi connectivity index (χ1) is 12.9. The monoisotopic (exact) mass is 438 g/mol. The Kier molecular flexibility index (Phi) is 5.45. The number of hydrogen-bond acceptors (Lipinski definition) is 5. The van der Waals surface area contributed by atoms with Gasteiger partial charge in [0.2, 0.25) is 0 Å². The van der Waals surface area contributed by atoms with Gasteiger partial charge in [0.15, 0.2) is 10.2 Å². The third kappa shape index (κ3) is 4.66. The Morgan fingerprint density at radius 1 is 1.00 bits per heavy atom. The highest BCUT2D eigenvalue weighted by Crippen LogP contribution is 2.39. The molecule has 0 bridgehead atoms. The van der Waals surface area contributed by atoms with E-state index in [-0.39, 0.29) is 23.2 Å². The topological polar surface area (TPSA) is 43.6 Å². The van der Waals surface area contributed by atoms with Crippen molar-refractivity contribution in [1.29, 1.82) is 0 Å². The number of hydrogen-bond donors (Lipinski definition) is 0. The van der Waals surface area contributed by atoms with Crippen molar-refractivity contribution in [1.82, 2.24) is 19.2 Å². The van der Waals surface area contributed by atoms with Crippen LogP contribution in [-0.2, 0) is 12.4 Å². The van der Waals surface area contributed by atoms with Gasteiger partial charge in [0.25, 0.3) is 0 Å². The van der Waals surface area contributed by atoms with E-state index in [2.05, 4.69) is 15.1 Å².